The molecule has 0 aliphatic carbocycles. The molecule has 10 heteroatoms. The van der Waals surface area contributed by atoms with Crippen molar-refractivity contribution in [1.82, 2.24) is 0 Å². The van der Waals surface area contributed by atoms with E-state index in [1.54, 1.807) is 42.5 Å². The number of carbonyl (C=O) groups excluding carboxylic acids is 1. The van der Waals surface area contributed by atoms with Crippen molar-refractivity contribution in [1.29, 1.82) is 0 Å². The molecular formula is C23H16BrClFNO6. The highest BCUT2D eigenvalue weighted by atomic mass is 79.9. The van der Waals surface area contributed by atoms with E-state index in [1.165, 1.54) is 17.0 Å². The minimum atomic E-state index is -1.49. The molecule has 0 fully saturated rings. The molecule has 0 saturated heterocycles. The Hall–Kier alpha value is -3.30. The van der Waals surface area contributed by atoms with Crippen molar-refractivity contribution in [3.63, 3.8) is 0 Å². The smallest absolute Gasteiger partial charge is 0.488 e. The number of ether oxygens (including phenoxy) is 3. The summed E-state index contributed by atoms with van der Waals surface area (Å²) in [5.41, 5.74) is 1.33. The zero-order chi connectivity index (χ0) is 23.5. The summed E-state index contributed by atoms with van der Waals surface area (Å²) < 4.78 is 31.0. The Balaban J connectivity index is 1.62. The molecule has 1 N–H and O–H groups in total. The molecule has 0 aromatic heterocycles. The third-order valence-electron chi connectivity index (χ3n) is 4.84. The average Bonchev–Trinajstić information content (AvgIpc) is 2.76. The second-order valence-electron chi connectivity index (χ2n) is 7.02. The molecule has 170 valence electrons. The van der Waals surface area contributed by atoms with Crippen LogP contribution in [-0.2, 0) is 17.9 Å². The normalized spacial score (nSPS) is 12.7. The van der Waals surface area contributed by atoms with Crippen LogP contribution in [0.2, 0.25) is 5.02 Å². The minimum absolute atomic E-state index is 0.0126. The van der Waals surface area contributed by atoms with Gasteiger partial charge in [0.15, 0.2) is 18.1 Å². The third kappa shape index (κ3) is 5.20. The molecule has 0 unspecified atom stereocenters. The molecule has 33 heavy (non-hydrogen) atoms. The second kappa shape index (κ2) is 9.68. The maximum atomic E-state index is 14.1. The third-order valence-corrected chi connectivity index (χ3v) is 5.56. The van der Waals surface area contributed by atoms with E-state index in [1.807, 2.05) is 0 Å². The number of carboxylic acid groups (broad SMARTS) is 1. The molecular weight excluding hydrogens is 521 g/mol. The first-order valence-electron chi connectivity index (χ1n) is 9.64. The van der Waals surface area contributed by atoms with Crippen molar-refractivity contribution in [2.24, 2.45) is 0 Å². The van der Waals surface area contributed by atoms with E-state index in [-0.39, 0.29) is 42.2 Å². The van der Waals surface area contributed by atoms with E-state index >= 15 is 0 Å². The van der Waals surface area contributed by atoms with Crippen molar-refractivity contribution in [3.8, 4) is 17.2 Å². The van der Waals surface area contributed by atoms with E-state index in [0.717, 1.165) is 4.47 Å². The van der Waals surface area contributed by atoms with Crippen LogP contribution < -0.4 is 19.1 Å². The number of fused-ring (bicyclic) bond motifs is 1. The van der Waals surface area contributed by atoms with Gasteiger partial charge in [-0.25, -0.2) is 9.18 Å². The summed E-state index contributed by atoms with van der Waals surface area (Å²) in [7, 11) is 0. The van der Waals surface area contributed by atoms with Gasteiger partial charge in [0, 0.05) is 20.6 Å². The Morgan fingerprint density at radius 3 is 2.73 bits per heavy atom. The summed E-state index contributed by atoms with van der Waals surface area (Å²) in [6.07, 6.45) is -1.49. The summed E-state index contributed by atoms with van der Waals surface area (Å²) >= 11 is 9.22. The van der Waals surface area contributed by atoms with Gasteiger partial charge in [-0.3, -0.25) is 4.79 Å². The molecule has 1 aliphatic heterocycles. The van der Waals surface area contributed by atoms with Gasteiger partial charge in [0.25, 0.3) is 5.91 Å². The monoisotopic (exact) mass is 535 g/mol. The second-order valence-corrected chi connectivity index (χ2v) is 8.37. The predicted octanol–water partition coefficient (Wildman–Crippen LogP) is 5.80. The summed E-state index contributed by atoms with van der Waals surface area (Å²) in [5.74, 6) is -0.220. The summed E-state index contributed by atoms with van der Waals surface area (Å²) in [6, 6.07) is 14.2. The van der Waals surface area contributed by atoms with Crippen LogP contribution in [0.5, 0.6) is 17.2 Å². The molecule has 0 atom stereocenters. The molecule has 4 rings (SSSR count). The summed E-state index contributed by atoms with van der Waals surface area (Å²) in [6.45, 7) is -0.224. The van der Waals surface area contributed by atoms with Gasteiger partial charge in [-0.05, 0) is 42.5 Å². The van der Waals surface area contributed by atoms with Crippen LogP contribution in [0.4, 0.5) is 14.9 Å². The number of hydrogen-bond acceptors (Lipinski definition) is 5. The van der Waals surface area contributed by atoms with E-state index in [0.29, 0.717) is 22.6 Å². The van der Waals surface area contributed by atoms with Crippen molar-refractivity contribution in [3.05, 3.63) is 81.0 Å². The highest BCUT2D eigenvalue weighted by Crippen LogP contribution is 2.41. The maximum absolute atomic E-state index is 14.1. The number of benzene rings is 3. The molecule has 1 aliphatic rings. The fourth-order valence-corrected chi connectivity index (χ4v) is 3.90. The molecule has 0 radical (unpaired) electrons. The van der Waals surface area contributed by atoms with Crippen LogP contribution in [-0.4, -0.2) is 23.8 Å². The summed E-state index contributed by atoms with van der Waals surface area (Å²) in [4.78, 5) is 25.1. The number of para-hydroxylation sites is 1. The first-order chi connectivity index (χ1) is 15.8. The van der Waals surface area contributed by atoms with E-state index in [4.69, 9.17) is 30.9 Å². The number of carbonyl (C=O) groups is 2. The molecule has 0 spiro atoms. The topological polar surface area (TPSA) is 85.3 Å². The fourth-order valence-electron chi connectivity index (χ4n) is 3.33. The van der Waals surface area contributed by atoms with Gasteiger partial charge >= 0.3 is 6.16 Å². The van der Waals surface area contributed by atoms with Gasteiger partial charge in [-0.1, -0.05) is 39.7 Å². The summed E-state index contributed by atoms with van der Waals surface area (Å²) in [5, 5.41) is 9.25. The molecule has 1 heterocycles. The van der Waals surface area contributed by atoms with Crippen molar-refractivity contribution in [2.45, 2.75) is 13.2 Å². The van der Waals surface area contributed by atoms with Gasteiger partial charge in [-0.15, -0.1) is 0 Å². The Morgan fingerprint density at radius 1 is 1.15 bits per heavy atom. The molecule has 3 aromatic rings. The molecule has 0 saturated carbocycles. The lowest BCUT2D eigenvalue weighted by Crippen LogP contribution is -2.38. The quantitative estimate of drug-likeness (QED) is 0.316. The van der Waals surface area contributed by atoms with Crippen LogP contribution in [0.15, 0.2) is 59.1 Å². The van der Waals surface area contributed by atoms with Crippen molar-refractivity contribution in [2.75, 3.05) is 11.5 Å². The van der Waals surface area contributed by atoms with Gasteiger partial charge in [0.1, 0.15) is 18.2 Å². The molecule has 3 aromatic carbocycles. The number of hydrogen-bond donors (Lipinski definition) is 1. The first-order valence-corrected chi connectivity index (χ1v) is 10.8. The number of halogens is 3. The Morgan fingerprint density at radius 2 is 1.97 bits per heavy atom. The van der Waals surface area contributed by atoms with E-state index in [2.05, 4.69) is 15.9 Å². The fraction of sp³-hybridized carbons (Fsp3) is 0.130. The maximum Gasteiger partial charge on any atom is 0.511 e. The van der Waals surface area contributed by atoms with Crippen LogP contribution in [0.25, 0.3) is 0 Å². The lowest BCUT2D eigenvalue weighted by Gasteiger charge is -2.30. The average molecular weight is 537 g/mol. The molecule has 1 amide bonds. The lowest BCUT2D eigenvalue weighted by atomic mass is 10.1. The molecule has 7 nitrogen and oxygen atoms in total. The van der Waals surface area contributed by atoms with Gasteiger partial charge < -0.3 is 24.2 Å². The van der Waals surface area contributed by atoms with Crippen LogP contribution in [0, 0.1) is 5.82 Å². The van der Waals surface area contributed by atoms with E-state index < -0.39 is 12.0 Å². The van der Waals surface area contributed by atoms with E-state index in [9.17, 15) is 14.0 Å². The minimum Gasteiger partial charge on any atom is -0.488 e. The Kier molecular flexibility index (Phi) is 6.71. The van der Waals surface area contributed by atoms with Crippen LogP contribution in [0.3, 0.4) is 0 Å². The number of nitrogens with zero attached hydrogens (tertiary/aromatic N) is 1. The zero-order valence-corrected chi connectivity index (χ0v) is 19.2. The Labute approximate surface area is 201 Å². The Bertz CT molecular complexity index is 1240. The van der Waals surface area contributed by atoms with Crippen LogP contribution in [0.1, 0.15) is 11.1 Å². The number of anilines is 1. The predicted molar refractivity (Wildman–Crippen MR) is 122 cm³/mol. The zero-order valence-electron chi connectivity index (χ0n) is 16.9. The molecule has 0 bridgehead atoms. The van der Waals surface area contributed by atoms with Gasteiger partial charge in [0.2, 0.25) is 0 Å². The number of rotatable bonds is 6. The lowest BCUT2D eigenvalue weighted by molar-refractivity contribution is -0.121. The first kappa shape index (κ1) is 22.9. The SMILES string of the molecule is O=C(O)Oc1cccc2c1OCC(=O)N2Cc1cc(Br)ccc1OCc1ccc(Cl)cc1F. The highest BCUT2D eigenvalue weighted by Gasteiger charge is 2.29. The van der Waals surface area contributed by atoms with Gasteiger partial charge in [0.05, 0.1) is 12.2 Å². The largest absolute Gasteiger partial charge is 0.511 e. The van der Waals surface area contributed by atoms with Crippen molar-refractivity contribution >= 4 is 45.3 Å². The van der Waals surface area contributed by atoms with Crippen LogP contribution >= 0.6 is 27.5 Å². The van der Waals surface area contributed by atoms with Crippen molar-refractivity contribution < 1.29 is 33.3 Å². The number of amides is 1. The van der Waals surface area contributed by atoms with Gasteiger partial charge in [-0.2, -0.15) is 0 Å². The highest BCUT2D eigenvalue weighted by molar-refractivity contribution is 9.10. The standard InChI is InChI=1S/C23H16BrClFNO6/c24-15-5-7-19(31-11-13-4-6-16(25)9-17(13)26)14(8-15)10-27-18-2-1-3-20(33-23(29)30)22(18)32-12-21(27)28/h1-9H,10-12H2,(H,29,30).